The average Bonchev–Trinajstić information content (AvgIpc) is 3.31. The van der Waals surface area contributed by atoms with Crippen LogP contribution in [-0.2, 0) is 28.2 Å². The minimum atomic E-state index is -4.12. The van der Waals surface area contributed by atoms with Gasteiger partial charge in [-0.3, -0.25) is 18.7 Å². The molecule has 5 atom stereocenters. The Morgan fingerprint density at radius 3 is 2.59 bits per heavy atom. The first-order chi connectivity index (χ1) is 17.5. The van der Waals surface area contributed by atoms with Gasteiger partial charge in [0.15, 0.2) is 11.9 Å². The molecule has 1 aliphatic rings. The maximum absolute atomic E-state index is 13.7. The molecule has 0 bridgehead atoms. The molecule has 0 saturated carbocycles. The minimum Gasteiger partial charge on any atom is -0.453 e. The van der Waals surface area contributed by atoms with Crippen molar-refractivity contribution in [2.45, 2.75) is 51.5 Å². The molecule has 0 amide bonds. The number of aromatic nitrogens is 2. The van der Waals surface area contributed by atoms with Crippen LogP contribution in [0.5, 0.6) is 5.75 Å². The van der Waals surface area contributed by atoms with Crippen molar-refractivity contribution in [3.8, 4) is 5.75 Å². The van der Waals surface area contributed by atoms with Gasteiger partial charge < -0.3 is 19.7 Å². The molecule has 3 rings (SSSR count). The lowest BCUT2D eigenvalue weighted by atomic mass is 10.1. The van der Waals surface area contributed by atoms with Crippen molar-refractivity contribution in [2.75, 3.05) is 18.1 Å². The fraction of sp³-hybridized carbons (Fsp3) is 0.478. The fourth-order valence-electron chi connectivity index (χ4n) is 3.28. The van der Waals surface area contributed by atoms with Crippen LogP contribution in [0.4, 0.5) is 5.82 Å². The summed E-state index contributed by atoms with van der Waals surface area (Å²) in [7, 11) is -4.12. The van der Waals surface area contributed by atoms with E-state index < -0.39 is 43.2 Å². The molecule has 1 fully saturated rings. The zero-order valence-corrected chi connectivity index (χ0v) is 22.6. The Bertz CT molecular complexity index is 1190. The standard InChI is InChI=1S/C23H31N4O8PS/c1-14(2)21(28)16(4)33-22(29)15(3)26-36(31,35-17-8-6-5-7-9-17)32-12-20-34-19(13-37-20)27-11-10-18(24)25-23(27)30/h5-11,14-16,19-20H,12-13H2,1-4H3,(H,26,31)(H2,24,25,30)/t15-,16-,19-,20+,36?/m0/s1. The van der Waals surface area contributed by atoms with Gasteiger partial charge in [0.2, 0.25) is 0 Å². The highest BCUT2D eigenvalue weighted by atomic mass is 32.2. The molecule has 1 aliphatic heterocycles. The van der Waals surface area contributed by atoms with Gasteiger partial charge in [-0.05, 0) is 32.0 Å². The molecule has 0 aliphatic carbocycles. The summed E-state index contributed by atoms with van der Waals surface area (Å²) in [5, 5.41) is 2.58. The number of nitrogens with zero attached hydrogens (tertiary/aromatic N) is 2. The molecule has 1 saturated heterocycles. The number of carbonyl (C=O) groups is 2. The van der Waals surface area contributed by atoms with Gasteiger partial charge in [0.1, 0.15) is 29.3 Å². The summed E-state index contributed by atoms with van der Waals surface area (Å²) >= 11 is 1.35. The molecule has 202 valence electrons. The third-order valence-electron chi connectivity index (χ3n) is 5.21. The van der Waals surface area contributed by atoms with Gasteiger partial charge in [-0.15, -0.1) is 11.8 Å². The summed E-state index contributed by atoms with van der Waals surface area (Å²) < 4.78 is 37.3. The molecule has 2 heterocycles. The molecule has 0 spiro atoms. The van der Waals surface area contributed by atoms with E-state index in [9.17, 15) is 18.9 Å². The van der Waals surface area contributed by atoms with Gasteiger partial charge in [0.25, 0.3) is 0 Å². The minimum absolute atomic E-state index is 0.104. The fourth-order valence-corrected chi connectivity index (χ4v) is 5.87. The van der Waals surface area contributed by atoms with E-state index >= 15 is 0 Å². The van der Waals surface area contributed by atoms with Crippen LogP contribution in [0.25, 0.3) is 0 Å². The Morgan fingerprint density at radius 1 is 1.24 bits per heavy atom. The summed E-state index contributed by atoms with van der Waals surface area (Å²) in [5.74, 6) is -0.562. The number of carbonyl (C=O) groups excluding carboxylic acids is 2. The van der Waals surface area contributed by atoms with Crippen molar-refractivity contribution >= 4 is 37.1 Å². The number of anilines is 1. The predicted octanol–water partition coefficient (Wildman–Crippen LogP) is 2.75. The number of thioether (sulfide) groups is 1. The van der Waals surface area contributed by atoms with Crippen LogP contribution in [0, 0.1) is 5.92 Å². The largest absolute Gasteiger partial charge is 0.459 e. The van der Waals surface area contributed by atoms with Crippen LogP contribution < -0.4 is 21.0 Å². The summed E-state index contributed by atoms with van der Waals surface area (Å²) in [5.41, 5.74) is 4.40. The topological polar surface area (TPSA) is 161 Å². The monoisotopic (exact) mass is 554 g/mol. The summed E-state index contributed by atoms with van der Waals surface area (Å²) in [6.45, 7) is 6.14. The second kappa shape index (κ2) is 12.7. The SMILES string of the molecule is CC(C)C(=O)[C@H](C)OC(=O)[C@H](C)NP(=O)(OC[C@@H]1O[C@H](n2ccc(N)nc2=O)CS1)Oc1ccccc1. The summed E-state index contributed by atoms with van der Waals surface area (Å²) in [6, 6.07) is 8.67. The molecule has 1 aromatic heterocycles. The number of ether oxygens (including phenoxy) is 2. The first-order valence-corrected chi connectivity index (χ1v) is 14.2. The molecular weight excluding hydrogens is 523 g/mol. The molecule has 3 N–H and O–H groups in total. The lowest BCUT2D eigenvalue weighted by Crippen LogP contribution is -2.39. The van der Waals surface area contributed by atoms with E-state index in [1.165, 1.54) is 42.4 Å². The highest BCUT2D eigenvalue weighted by Gasteiger charge is 2.36. The molecule has 2 aromatic rings. The number of ketones is 1. The summed E-state index contributed by atoms with van der Waals surface area (Å²) in [6.07, 6.45) is -0.0865. The molecule has 0 radical (unpaired) electrons. The van der Waals surface area contributed by atoms with E-state index in [4.69, 9.17) is 24.3 Å². The smallest absolute Gasteiger partial charge is 0.453 e. The van der Waals surface area contributed by atoms with E-state index in [0.29, 0.717) is 5.75 Å². The van der Waals surface area contributed by atoms with Crippen molar-refractivity contribution in [3.63, 3.8) is 0 Å². The average molecular weight is 555 g/mol. The van der Waals surface area contributed by atoms with E-state index in [-0.39, 0.29) is 29.9 Å². The molecule has 14 heteroatoms. The third-order valence-corrected chi connectivity index (χ3v) is 7.95. The van der Waals surface area contributed by atoms with Crippen molar-refractivity contribution in [1.29, 1.82) is 0 Å². The third kappa shape index (κ3) is 8.14. The number of hydrogen-bond donors (Lipinski definition) is 2. The zero-order chi connectivity index (χ0) is 27.2. The lowest BCUT2D eigenvalue weighted by molar-refractivity contribution is -0.156. The number of Topliss-reactive ketones (excluding diaryl/α,β-unsaturated/α-hetero) is 1. The van der Waals surface area contributed by atoms with Crippen molar-refractivity contribution in [2.24, 2.45) is 5.92 Å². The molecule has 1 unspecified atom stereocenters. The van der Waals surface area contributed by atoms with Gasteiger partial charge in [-0.25, -0.2) is 9.36 Å². The van der Waals surface area contributed by atoms with Gasteiger partial charge >= 0.3 is 19.4 Å². The maximum Gasteiger partial charge on any atom is 0.459 e. The van der Waals surface area contributed by atoms with Crippen LogP contribution >= 0.6 is 19.5 Å². The number of nitrogens with two attached hydrogens (primary N) is 1. The molecule has 37 heavy (non-hydrogen) atoms. The Labute approximate surface area is 218 Å². The van der Waals surface area contributed by atoms with Crippen molar-refractivity contribution in [1.82, 2.24) is 14.6 Å². The van der Waals surface area contributed by atoms with Crippen LogP contribution in [-0.4, -0.2) is 51.2 Å². The highest BCUT2D eigenvalue weighted by Crippen LogP contribution is 2.46. The zero-order valence-electron chi connectivity index (χ0n) is 20.9. The van der Waals surface area contributed by atoms with Crippen LogP contribution in [0.3, 0.4) is 0 Å². The van der Waals surface area contributed by atoms with Gasteiger partial charge in [0.05, 0.1) is 6.61 Å². The van der Waals surface area contributed by atoms with Gasteiger partial charge in [-0.1, -0.05) is 32.0 Å². The number of para-hydroxylation sites is 1. The van der Waals surface area contributed by atoms with E-state index in [1.807, 2.05) is 0 Å². The first kappa shape index (κ1) is 28.9. The number of benzene rings is 1. The highest BCUT2D eigenvalue weighted by molar-refractivity contribution is 8.00. The number of esters is 1. The Morgan fingerprint density at radius 2 is 1.95 bits per heavy atom. The van der Waals surface area contributed by atoms with Crippen LogP contribution in [0.2, 0.25) is 0 Å². The molecule has 12 nitrogen and oxygen atoms in total. The summed E-state index contributed by atoms with van der Waals surface area (Å²) in [4.78, 5) is 40.5. The normalized spacial score (nSPS) is 20.7. The maximum atomic E-state index is 13.7. The first-order valence-electron chi connectivity index (χ1n) is 11.6. The van der Waals surface area contributed by atoms with Crippen molar-refractivity contribution in [3.05, 3.63) is 53.1 Å². The number of hydrogen-bond acceptors (Lipinski definition) is 11. The molecular formula is C23H31N4O8PS. The number of nitrogen functional groups attached to an aromatic ring is 1. The second-order valence-electron chi connectivity index (χ2n) is 8.58. The van der Waals surface area contributed by atoms with Gasteiger partial charge in [-0.2, -0.15) is 10.1 Å². The Hall–Kier alpha value is -2.70. The van der Waals surface area contributed by atoms with E-state index in [1.54, 1.807) is 44.2 Å². The van der Waals surface area contributed by atoms with Crippen molar-refractivity contribution < 1.29 is 32.7 Å². The van der Waals surface area contributed by atoms with Crippen LogP contribution in [0.15, 0.2) is 47.4 Å². The number of rotatable bonds is 12. The Kier molecular flexibility index (Phi) is 9.91. The van der Waals surface area contributed by atoms with E-state index in [2.05, 4.69) is 10.1 Å². The molecule has 1 aromatic carbocycles. The van der Waals surface area contributed by atoms with Gasteiger partial charge in [0, 0.05) is 17.9 Å². The second-order valence-corrected chi connectivity index (χ2v) is 11.5. The quantitative estimate of drug-likeness (QED) is 0.292. The number of nitrogens with one attached hydrogen (secondary N) is 1. The Balaban J connectivity index is 1.66. The van der Waals surface area contributed by atoms with E-state index in [0.717, 1.165) is 0 Å². The lowest BCUT2D eigenvalue weighted by Gasteiger charge is -2.24. The van der Waals surface area contributed by atoms with Crippen LogP contribution in [0.1, 0.15) is 33.9 Å². The predicted molar refractivity (Wildman–Crippen MR) is 138 cm³/mol.